The van der Waals surface area contributed by atoms with Crippen LogP contribution in [-0.2, 0) is 4.79 Å². The quantitative estimate of drug-likeness (QED) is 0.878. The Hall–Kier alpha value is -2.04. The highest BCUT2D eigenvalue weighted by Crippen LogP contribution is 2.13. The third kappa shape index (κ3) is 5.76. The van der Waals surface area contributed by atoms with Crippen molar-refractivity contribution in [3.63, 3.8) is 0 Å². The minimum Gasteiger partial charge on any atom is -0.494 e. The number of carbonyl (C=O) groups excluding carboxylic acids is 2. The predicted molar refractivity (Wildman–Crippen MR) is 87.1 cm³/mol. The lowest BCUT2D eigenvalue weighted by atomic mass is 10.1. The Labute approximate surface area is 132 Å². The van der Waals surface area contributed by atoms with Crippen LogP contribution in [0.25, 0.3) is 0 Å². The van der Waals surface area contributed by atoms with E-state index in [1.165, 1.54) is 4.90 Å². The summed E-state index contributed by atoms with van der Waals surface area (Å²) in [4.78, 5) is 26.0. The molecule has 0 aliphatic carbocycles. The van der Waals surface area contributed by atoms with E-state index in [0.29, 0.717) is 18.7 Å². The lowest BCUT2D eigenvalue weighted by molar-refractivity contribution is -0.123. The van der Waals surface area contributed by atoms with Gasteiger partial charge in [0.1, 0.15) is 5.75 Å². The van der Waals surface area contributed by atoms with Gasteiger partial charge in [0.05, 0.1) is 13.2 Å². The summed E-state index contributed by atoms with van der Waals surface area (Å²) >= 11 is 0. The Bertz CT molecular complexity index is 504. The van der Waals surface area contributed by atoms with E-state index >= 15 is 0 Å². The van der Waals surface area contributed by atoms with Crippen LogP contribution in [0.3, 0.4) is 0 Å². The van der Waals surface area contributed by atoms with Gasteiger partial charge < -0.3 is 15.0 Å². The standard InChI is InChI=1S/C17H26N2O3/c1-6-19(12-15(20)18-17(3,4)5)16(21)13-8-10-14(11-9-13)22-7-2/h8-11H,6-7,12H2,1-5H3,(H,18,20). The summed E-state index contributed by atoms with van der Waals surface area (Å²) in [7, 11) is 0. The summed E-state index contributed by atoms with van der Waals surface area (Å²) in [5, 5.41) is 2.86. The number of likely N-dealkylation sites (N-methyl/N-ethyl adjacent to an activating group) is 1. The molecule has 1 aromatic carbocycles. The summed E-state index contributed by atoms with van der Waals surface area (Å²) in [6.45, 7) is 10.6. The van der Waals surface area contributed by atoms with Gasteiger partial charge in [0, 0.05) is 17.6 Å². The maximum Gasteiger partial charge on any atom is 0.254 e. The van der Waals surface area contributed by atoms with Crippen molar-refractivity contribution < 1.29 is 14.3 Å². The molecular formula is C17H26N2O3. The van der Waals surface area contributed by atoms with Crippen LogP contribution in [0.5, 0.6) is 5.75 Å². The number of nitrogens with zero attached hydrogens (tertiary/aromatic N) is 1. The van der Waals surface area contributed by atoms with Crippen molar-refractivity contribution in [1.82, 2.24) is 10.2 Å². The third-order valence-corrected chi connectivity index (χ3v) is 2.93. The van der Waals surface area contributed by atoms with E-state index in [1.807, 2.05) is 34.6 Å². The smallest absolute Gasteiger partial charge is 0.254 e. The van der Waals surface area contributed by atoms with Gasteiger partial charge in [0.15, 0.2) is 0 Å². The number of amides is 2. The zero-order valence-electron chi connectivity index (χ0n) is 14.1. The van der Waals surface area contributed by atoms with Gasteiger partial charge in [-0.05, 0) is 58.9 Å². The van der Waals surface area contributed by atoms with Crippen molar-refractivity contribution in [2.45, 2.75) is 40.2 Å². The summed E-state index contributed by atoms with van der Waals surface area (Å²) in [6.07, 6.45) is 0. The summed E-state index contributed by atoms with van der Waals surface area (Å²) in [5.41, 5.74) is 0.243. The number of rotatable bonds is 6. The second-order valence-corrected chi connectivity index (χ2v) is 6.07. The van der Waals surface area contributed by atoms with E-state index in [1.54, 1.807) is 24.3 Å². The van der Waals surface area contributed by atoms with E-state index in [4.69, 9.17) is 4.74 Å². The topological polar surface area (TPSA) is 58.6 Å². The van der Waals surface area contributed by atoms with E-state index in [-0.39, 0.29) is 23.9 Å². The first-order valence-electron chi connectivity index (χ1n) is 7.60. The predicted octanol–water partition coefficient (Wildman–Crippen LogP) is 2.46. The second-order valence-electron chi connectivity index (χ2n) is 6.07. The van der Waals surface area contributed by atoms with Gasteiger partial charge in [-0.1, -0.05) is 0 Å². The van der Waals surface area contributed by atoms with Gasteiger partial charge in [0.25, 0.3) is 5.91 Å². The summed E-state index contributed by atoms with van der Waals surface area (Å²) < 4.78 is 5.36. The molecule has 0 atom stereocenters. The molecule has 0 bridgehead atoms. The van der Waals surface area contributed by atoms with Crippen LogP contribution >= 0.6 is 0 Å². The molecule has 22 heavy (non-hydrogen) atoms. The van der Waals surface area contributed by atoms with E-state index in [0.717, 1.165) is 5.75 Å². The average Bonchev–Trinajstić information content (AvgIpc) is 2.43. The molecule has 0 fully saturated rings. The minimum atomic E-state index is -0.307. The van der Waals surface area contributed by atoms with Crippen molar-refractivity contribution in [2.75, 3.05) is 19.7 Å². The first-order valence-corrected chi connectivity index (χ1v) is 7.60. The van der Waals surface area contributed by atoms with Gasteiger partial charge in [-0.3, -0.25) is 9.59 Å². The number of hydrogen-bond donors (Lipinski definition) is 1. The fourth-order valence-corrected chi connectivity index (χ4v) is 2.00. The Balaban J connectivity index is 2.73. The first-order chi connectivity index (χ1) is 10.3. The van der Waals surface area contributed by atoms with E-state index < -0.39 is 0 Å². The van der Waals surface area contributed by atoms with Crippen LogP contribution in [0.15, 0.2) is 24.3 Å². The van der Waals surface area contributed by atoms with Crippen LogP contribution in [0.1, 0.15) is 45.0 Å². The molecule has 2 amide bonds. The monoisotopic (exact) mass is 306 g/mol. The molecule has 0 aliphatic heterocycles. The Morgan fingerprint density at radius 3 is 2.18 bits per heavy atom. The number of nitrogens with one attached hydrogen (secondary N) is 1. The van der Waals surface area contributed by atoms with Gasteiger partial charge in [-0.15, -0.1) is 0 Å². The fourth-order valence-electron chi connectivity index (χ4n) is 2.00. The molecule has 1 N–H and O–H groups in total. The van der Waals surface area contributed by atoms with Crippen molar-refractivity contribution in [3.05, 3.63) is 29.8 Å². The molecule has 5 heteroatoms. The molecule has 0 spiro atoms. The summed E-state index contributed by atoms with van der Waals surface area (Å²) in [5.74, 6) is 0.413. The van der Waals surface area contributed by atoms with Crippen LogP contribution in [0.2, 0.25) is 0 Å². The SMILES string of the molecule is CCOc1ccc(C(=O)N(CC)CC(=O)NC(C)(C)C)cc1. The Kier molecular flexibility index (Phi) is 6.40. The second kappa shape index (κ2) is 7.82. The van der Waals surface area contributed by atoms with Crippen LogP contribution < -0.4 is 10.1 Å². The molecule has 1 rings (SSSR count). The highest BCUT2D eigenvalue weighted by atomic mass is 16.5. The average molecular weight is 306 g/mol. The van der Waals surface area contributed by atoms with Crippen molar-refractivity contribution >= 4 is 11.8 Å². The van der Waals surface area contributed by atoms with Crippen molar-refractivity contribution in [1.29, 1.82) is 0 Å². The van der Waals surface area contributed by atoms with Gasteiger partial charge in [-0.25, -0.2) is 0 Å². The lowest BCUT2D eigenvalue weighted by Gasteiger charge is -2.25. The van der Waals surface area contributed by atoms with Crippen LogP contribution in [-0.4, -0.2) is 41.9 Å². The molecule has 122 valence electrons. The number of ether oxygens (including phenoxy) is 1. The van der Waals surface area contributed by atoms with Gasteiger partial charge in [0.2, 0.25) is 5.91 Å². The molecule has 0 saturated carbocycles. The molecule has 1 aromatic rings. The largest absolute Gasteiger partial charge is 0.494 e. The maximum atomic E-state index is 12.5. The normalized spacial score (nSPS) is 11.0. The fraction of sp³-hybridized carbons (Fsp3) is 0.529. The van der Waals surface area contributed by atoms with Crippen LogP contribution in [0.4, 0.5) is 0 Å². The van der Waals surface area contributed by atoms with Crippen LogP contribution in [0, 0.1) is 0 Å². The third-order valence-electron chi connectivity index (χ3n) is 2.93. The molecule has 5 nitrogen and oxygen atoms in total. The molecule has 0 saturated heterocycles. The summed E-state index contributed by atoms with van der Waals surface area (Å²) in [6, 6.07) is 6.97. The number of hydrogen-bond acceptors (Lipinski definition) is 3. The molecular weight excluding hydrogens is 280 g/mol. The molecule has 0 aromatic heterocycles. The highest BCUT2D eigenvalue weighted by molar-refractivity contribution is 5.96. The minimum absolute atomic E-state index is 0.0554. The highest BCUT2D eigenvalue weighted by Gasteiger charge is 2.20. The van der Waals surface area contributed by atoms with E-state index in [2.05, 4.69) is 5.32 Å². The Morgan fingerprint density at radius 2 is 1.73 bits per heavy atom. The molecule has 0 aliphatic rings. The molecule has 0 unspecified atom stereocenters. The molecule has 0 heterocycles. The lowest BCUT2D eigenvalue weighted by Crippen LogP contribution is -2.47. The van der Waals surface area contributed by atoms with Crippen molar-refractivity contribution in [3.8, 4) is 5.75 Å². The Morgan fingerprint density at radius 1 is 1.14 bits per heavy atom. The van der Waals surface area contributed by atoms with Crippen molar-refractivity contribution in [2.24, 2.45) is 0 Å². The first kappa shape index (κ1) is 18.0. The number of benzene rings is 1. The van der Waals surface area contributed by atoms with E-state index in [9.17, 15) is 9.59 Å². The van der Waals surface area contributed by atoms with Gasteiger partial charge >= 0.3 is 0 Å². The van der Waals surface area contributed by atoms with Gasteiger partial charge in [-0.2, -0.15) is 0 Å². The molecule has 0 radical (unpaired) electrons. The zero-order valence-corrected chi connectivity index (χ0v) is 14.1. The number of carbonyl (C=O) groups is 2. The zero-order chi connectivity index (χ0) is 16.8. The maximum absolute atomic E-state index is 12.5.